The topological polar surface area (TPSA) is 33.5 Å². The summed E-state index contributed by atoms with van der Waals surface area (Å²) in [6.45, 7) is -0.899. The van der Waals surface area contributed by atoms with Crippen LogP contribution in [0.3, 0.4) is 0 Å². The molecule has 1 aromatic rings. The average molecular weight is 287 g/mol. The summed E-state index contributed by atoms with van der Waals surface area (Å²) < 4.78 is 43.0. The molecule has 3 nitrogen and oxygen atoms in total. The Hall–Kier alpha value is -1.46. The van der Waals surface area contributed by atoms with Crippen LogP contribution in [0.15, 0.2) is 22.8 Å². The minimum absolute atomic E-state index is 0.0487. The van der Waals surface area contributed by atoms with Crippen molar-refractivity contribution in [2.75, 3.05) is 13.1 Å². The van der Waals surface area contributed by atoms with Crippen LogP contribution >= 0.6 is 0 Å². The second-order valence-electron chi connectivity index (χ2n) is 5.74. The molecule has 0 N–H and O–H groups in total. The number of hydrogen-bond acceptors (Lipinski definition) is 2. The molecule has 0 spiro atoms. The molecule has 2 atom stereocenters. The molecule has 0 bridgehead atoms. The van der Waals surface area contributed by atoms with Gasteiger partial charge in [-0.1, -0.05) is 0 Å². The van der Waals surface area contributed by atoms with E-state index in [0.717, 1.165) is 17.7 Å². The number of hydrogen-bond donors (Lipinski definition) is 0. The lowest BCUT2D eigenvalue weighted by Crippen LogP contribution is -2.41. The Morgan fingerprint density at radius 1 is 1.40 bits per heavy atom. The van der Waals surface area contributed by atoms with Crippen LogP contribution in [-0.2, 0) is 4.79 Å². The lowest BCUT2D eigenvalue weighted by atomic mass is 10.2. The number of halogens is 3. The van der Waals surface area contributed by atoms with Crippen LogP contribution in [0.1, 0.15) is 30.9 Å². The van der Waals surface area contributed by atoms with E-state index in [-0.39, 0.29) is 30.2 Å². The predicted molar refractivity (Wildman–Crippen MR) is 64.9 cm³/mol. The molecule has 20 heavy (non-hydrogen) atoms. The molecule has 110 valence electrons. The van der Waals surface area contributed by atoms with Crippen LogP contribution in [0.25, 0.3) is 0 Å². The van der Waals surface area contributed by atoms with E-state index in [9.17, 15) is 18.0 Å². The molecule has 2 fully saturated rings. The summed E-state index contributed by atoms with van der Waals surface area (Å²) in [5, 5.41) is 0. The monoisotopic (exact) mass is 287 g/mol. The zero-order valence-electron chi connectivity index (χ0n) is 10.9. The van der Waals surface area contributed by atoms with Gasteiger partial charge in [0.2, 0.25) is 5.91 Å². The number of rotatable bonds is 5. The third kappa shape index (κ3) is 3.16. The molecule has 1 aromatic heterocycles. The lowest BCUT2D eigenvalue weighted by Gasteiger charge is -2.24. The van der Waals surface area contributed by atoms with Crippen molar-refractivity contribution in [1.82, 2.24) is 4.90 Å². The Morgan fingerprint density at radius 2 is 2.15 bits per heavy atom. The summed E-state index contributed by atoms with van der Waals surface area (Å²) in [4.78, 5) is 13.2. The van der Waals surface area contributed by atoms with Crippen molar-refractivity contribution < 1.29 is 22.4 Å². The van der Waals surface area contributed by atoms with Gasteiger partial charge in [-0.15, -0.1) is 0 Å². The van der Waals surface area contributed by atoms with E-state index in [2.05, 4.69) is 0 Å². The molecule has 0 aromatic carbocycles. The lowest BCUT2D eigenvalue weighted by molar-refractivity contribution is -0.162. The summed E-state index contributed by atoms with van der Waals surface area (Å²) in [5.74, 6) is 0.175. The minimum atomic E-state index is -4.33. The van der Waals surface area contributed by atoms with Crippen LogP contribution in [0.2, 0.25) is 0 Å². The Kier molecular flexibility index (Phi) is 3.26. The second-order valence-corrected chi connectivity index (χ2v) is 5.74. The summed E-state index contributed by atoms with van der Waals surface area (Å²) >= 11 is 0. The van der Waals surface area contributed by atoms with Gasteiger partial charge in [0.05, 0.1) is 6.26 Å². The smallest absolute Gasteiger partial charge is 0.406 e. The Bertz CT molecular complexity index is 479. The van der Waals surface area contributed by atoms with Gasteiger partial charge in [-0.25, -0.2) is 0 Å². The molecule has 3 rings (SSSR count). The van der Waals surface area contributed by atoms with E-state index in [1.54, 1.807) is 12.1 Å². The van der Waals surface area contributed by atoms with E-state index in [1.165, 1.54) is 6.26 Å². The van der Waals surface area contributed by atoms with Crippen molar-refractivity contribution in [1.29, 1.82) is 0 Å². The third-order valence-electron chi connectivity index (χ3n) is 3.87. The van der Waals surface area contributed by atoms with Crippen molar-refractivity contribution in [3.8, 4) is 0 Å². The van der Waals surface area contributed by atoms with Crippen LogP contribution in [-0.4, -0.2) is 30.1 Å². The minimum Gasteiger partial charge on any atom is -0.469 e. The van der Waals surface area contributed by atoms with Gasteiger partial charge < -0.3 is 9.32 Å². The molecule has 2 saturated carbocycles. The van der Waals surface area contributed by atoms with Crippen molar-refractivity contribution in [3.63, 3.8) is 0 Å². The number of nitrogens with zero attached hydrogens (tertiary/aromatic N) is 1. The third-order valence-corrected chi connectivity index (χ3v) is 3.87. The molecule has 0 radical (unpaired) electrons. The highest BCUT2D eigenvalue weighted by Gasteiger charge is 2.49. The second kappa shape index (κ2) is 4.82. The summed E-state index contributed by atoms with van der Waals surface area (Å²) in [6, 6.07) is 3.50. The molecule has 1 amide bonds. The molecule has 2 aliphatic carbocycles. The first kappa shape index (κ1) is 13.5. The number of amides is 1. The highest BCUT2D eigenvalue weighted by Crippen LogP contribution is 2.49. The molecule has 2 aliphatic rings. The van der Waals surface area contributed by atoms with Crippen LogP contribution in [0.4, 0.5) is 13.2 Å². The first-order chi connectivity index (χ1) is 9.44. The molecule has 1 heterocycles. The SMILES string of the molecule is O=C([C@H]1C[C@@H]1c1ccco1)N(CC1CC1)CC(F)(F)F. The summed E-state index contributed by atoms with van der Waals surface area (Å²) in [6.07, 6.45) is -0.375. The Morgan fingerprint density at radius 3 is 2.70 bits per heavy atom. The van der Waals surface area contributed by atoms with Crippen LogP contribution < -0.4 is 0 Å². The quantitative estimate of drug-likeness (QED) is 0.833. The highest BCUT2D eigenvalue weighted by atomic mass is 19.4. The van der Waals surface area contributed by atoms with Crippen molar-refractivity contribution in [2.45, 2.75) is 31.4 Å². The van der Waals surface area contributed by atoms with Crippen molar-refractivity contribution in [3.05, 3.63) is 24.2 Å². The maximum atomic E-state index is 12.6. The molecule has 0 saturated heterocycles. The van der Waals surface area contributed by atoms with Gasteiger partial charge in [0, 0.05) is 18.4 Å². The van der Waals surface area contributed by atoms with Gasteiger partial charge in [0.25, 0.3) is 0 Å². The van der Waals surface area contributed by atoms with Crippen LogP contribution in [0.5, 0.6) is 0 Å². The van der Waals surface area contributed by atoms with Crippen LogP contribution in [0, 0.1) is 11.8 Å². The fraction of sp³-hybridized carbons (Fsp3) is 0.643. The summed E-state index contributed by atoms with van der Waals surface area (Å²) in [7, 11) is 0. The maximum Gasteiger partial charge on any atom is 0.406 e. The van der Waals surface area contributed by atoms with E-state index in [0.29, 0.717) is 12.2 Å². The number of alkyl halides is 3. The number of carbonyl (C=O) groups excluding carboxylic acids is 1. The molecular formula is C14H16F3NO2. The van der Waals surface area contributed by atoms with E-state index in [1.807, 2.05) is 0 Å². The van der Waals surface area contributed by atoms with E-state index in [4.69, 9.17) is 4.42 Å². The summed E-state index contributed by atoms with van der Waals surface area (Å²) in [5.41, 5.74) is 0. The highest BCUT2D eigenvalue weighted by molar-refractivity contribution is 5.83. The molecular weight excluding hydrogens is 271 g/mol. The van der Waals surface area contributed by atoms with E-state index >= 15 is 0 Å². The van der Waals surface area contributed by atoms with Gasteiger partial charge in [0.15, 0.2) is 0 Å². The Balaban J connectivity index is 1.63. The molecule has 6 heteroatoms. The standard InChI is InChI=1S/C14H16F3NO2/c15-14(16,17)8-18(7-9-3-4-9)13(19)11-6-10(11)12-2-1-5-20-12/h1-2,5,9-11H,3-4,6-8H2/t10-,11-/m0/s1. The first-order valence-electron chi connectivity index (χ1n) is 6.83. The van der Waals surface area contributed by atoms with E-state index < -0.39 is 12.7 Å². The van der Waals surface area contributed by atoms with Gasteiger partial charge in [-0.3, -0.25) is 4.79 Å². The van der Waals surface area contributed by atoms with Gasteiger partial charge in [0.1, 0.15) is 12.3 Å². The fourth-order valence-corrected chi connectivity index (χ4v) is 2.58. The van der Waals surface area contributed by atoms with Gasteiger partial charge in [-0.05, 0) is 37.3 Å². The molecule has 0 aliphatic heterocycles. The largest absolute Gasteiger partial charge is 0.469 e. The predicted octanol–water partition coefficient (Wildman–Crippen LogP) is 3.18. The average Bonchev–Trinajstić information content (AvgIpc) is 3.27. The normalized spacial score (nSPS) is 25.6. The van der Waals surface area contributed by atoms with Crippen molar-refractivity contribution in [2.24, 2.45) is 11.8 Å². The Labute approximate surface area is 114 Å². The first-order valence-corrected chi connectivity index (χ1v) is 6.83. The zero-order chi connectivity index (χ0) is 14.3. The number of carbonyl (C=O) groups is 1. The van der Waals surface area contributed by atoms with Crippen molar-refractivity contribution >= 4 is 5.91 Å². The maximum absolute atomic E-state index is 12.6. The van der Waals surface area contributed by atoms with Gasteiger partial charge in [-0.2, -0.15) is 13.2 Å². The van der Waals surface area contributed by atoms with Gasteiger partial charge >= 0.3 is 6.18 Å². The fourth-order valence-electron chi connectivity index (χ4n) is 2.58. The molecule has 0 unspecified atom stereocenters. The zero-order valence-corrected chi connectivity index (χ0v) is 10.9. The number of furan rings is 1.